The summed E-state index contributed by atoms with van der Waals surface area (Å²) in [7, 11) is -5.55. The normalized spacial score (nSPS) is 18.0. The van der Waals surface area contributed by atoms with E-state index in [9.17, 15) is 8.42 Å². The van der Waals surface area contributed by atoms with Gasteiger partial charge in [0.2, 0.25) is 14.2 Å². The van der Waals surface area contributed by atoms with E-state index in [1.54, 1.807) is 19.3 Å². The Morgan fingerprint density at radius 2 is 1.91 bits per heavy atom. The molecule has 3 heterocycles. The van der Waals surface area contributed by atoms with E-state index in [2.05, 4.69) is 51.0 Å². The molecule has 11 nitrogen and oxygen atoms in total. The van der Waals surface area contributed by atoms with Crippen molar-refractivity contribution in [3.05, 3.63) is 30.6 Å². The first-order chi connectivity index (χ1) is 20.1. The van der Waals surface area contributed by atoms with E-state index in [0.29, 0.717) is 43.5 Å². The number of benzene rings is 1. The van der Waals surface area contributed by atoms with Crippen LogP contribution in [0, 0.1) is 0 Å². The third-order valence-electron chi connectivity index (χ3n) is 7.82. The van der Waals surface area contributed by atoms with E-state index in [-0.39, 0.29) is 17.4 Å². The lowest BCUT2D eigenvalue weighted by molar-refractivity contribution is -0.0365. The molecule has 0 radical (unpaired) electrons. The average Bonchev–Trinajstić information content (AvgIpc) is 3.29. The Bertz CT molecular complexity index is 1480. The van der Waals surface area contributed by atoms with Crippen molar-refractivity contribution >= 4 is 29.3 Å². The fraction of sp³-hybridized carbons (Fsp3) is 0.633. The molecule has 1 aliphatic heterocycles. The highest BCUT2D eigenvalue weighted by Gasteiger charge is 2.39. The van der Waals surface area contributed by atoms with Crippen LogP contribution < -0.4 is 9.16 Å². The van der Waals surface area contributed by atoms with Crippen LogP contribution in [0.15, 0.2) is 30.6 Å². The standard InChI is InChI=1S/C30H46N4O7SSi/c1-21(40-42(6,35)36)14-16-37-20-22(2)39-27-19-31-18-25(32-27)29-24-17-23(41-43(7,8)30(3,4)5)12-13-26(24)34(33-29)28-11-9-10-15-38-28/h12-13,17-19,21-22,28H,9-11,14-16,20H2,1-8H3/t21-,22+,28?/m1/s1. The summed E-state index contributed by atoms with van der Waals surface area (Å²) < 4.78 is 53.9. The van der Waals surface area contributed by atoms with Crippen LogP contribution in [0.3, 0.4) is 0 Å². The van der Waals surface area contributed by atoms with E-state index < -0.39 is 24.5 Å². The molecule has 2 aromatic heterocycles. The van der Waals surface area contributed by atoms with Crippen molar-refractivity contribution < 1.29 is 31.2 Å². The van der Waals surface area contributed by atoms with E-state index >= 15 is 0 Å². The lowest BCUT2D eigenvalue weighted by Gasteiger charge is -2.36. The summed E-state index contributed by atoms with van der Waals surface area (Å²) in [5, 5.41) is 5.98. The van der Waals surface area contributed by atoms with Crippen LogP contribution in [-0.2, 0) is 23.8 Å². The van der Waals surface area contributed by atoms with Gasteiger partial charge in [-0.3, -0.25) is 9.17 Å². The first-order valence-corrected chi connectivity index (χ1v) is 19.6. The van der Waals surface area contributed by atoms with Crippen LogP contribution >= 0.6 is 0 Å². The molecule has 0 aliphatic carbocycles. The molecular weight excluding hydrogens is 589 g/mol. The molecular formula is C30H46N4O7SSi. The van der Waals surface area contributed by atoms with E-state index in [0.717, 1.165) is 42.2 Å². The highest BCUT2D eigenvalue weighted by molar-refractivity contribution is 7.86. The average molecular weight is 635 g/mol. The summed E-state index contributed by atoms with van der Waals surface area (Å²) in [4.78, 5) is 9.16. The SMILES string of the molecule is C[C@H](CCOC[C@H](C)Oc1cncc(-c2nn(C3CCCCO3)c3ccc(O[Si](C)(C)C(C)(C)C)cc23)n1)OS(C)(=O)=O. The first-order valence-electron chi connectivity index (χ1n) is 14.9. The third kappa shape index (κ3) is 8.97. The summed E-state index contributed by atoms with van der Waals surface area (Å²) in [5.41, 5.74) is 2.22. The van der Waals surface area contributed by atoms with Crippen molar-refractivity contribution in [3.63, 3.8) is 0 Å². The molecule has 1 fully saturated rings. The fourth-order valence-corrected chi connectivity index (χ4v) is 6.28. The Morgan fingerprint density at radius 1 is 1.14 bits per heavy atom. The number of hydrogen-bond acceptors (Lipinski definition) is 10. The number of rotatable bonds is 13. The lowest BCUT2D eigenvalue weighted by atomic mass is 10.1. The smallest absolute Gasteiger partial charge is 0.264 e. The second-order valence-corrected chi connectivity index (χ2v) is 19.1. The molecule has 238 valence electrons. The molecule has 1 saturated heterocycles. The van der Waals surface area contributed by atoms with Gasteiger partial charge in [0, 0.05) is 18.6 Å². The Kier molecular flexibility index (Phi) is 10.5. The maximum atomic E-state index is 11.3. The summed E-state index contributed by atoms with van der Waals surface area (Å²) in [6.45, 7) is 16.1. The Balaban J connectivity index is 1.54. The van der Waals surface area contributed by atoms with E-state index in [4.69, 9.17) is 32.9 Å². The minimum absolute atomic E-state index is 0.0602. The summed E-state index contributed by atoms with van der Waals surface area (Å²) in [5.74, 6) is 1.17. The number of hydrogen-bond donors (Lipinski definition) is 0. The van der Waals surface area contributed by atoms with Crippen LogP contribution in [0.25, 0.3) is 22.3 Å². The Hall–Kier alpha value is -2.58. The van der Waals surface area contributed by atoms with Crippen molar-refractivity contribution in [1.29, 1.82) is 0 Å². The van der Waals surface area contributed by atoms with Crippen LogP contribution in [0.5, 0.6) is 11.6 Å². The number of fused-ring (bicyclic) bond motifs is 1. The number of ether oxygens (including phenoxy) is 3. The Labute approximate surface area is 256 Å². The maximum absolute atomic E-state index is 11.3. The molecule has 1 unspecified atom stereocenters. The number of nitrogens with zero attached hydrogens (tertiary/aromatic N) is 4. The van der Waals surface area contributed by atoms with Crippen LogP contribution in [-0.4, -0.2) is 74.8 Å². The van der Waals surface area contributed by atoms with Crippen molar-refractivity contribution in [1.82, 2.24) is 19.7 Å². The van der Waals surface area contributed by atoms with Gasteiger partial charge in [-0.05, 0) is 75.9 Å². The van der Waals surface area contributed by atoms with Gasteiger partial charge in [0.05, 0.1) is 36.9 Å². The highest BCUT2D eigenvalue weighted by atomic mass is 32.2. The molecule has 1 aliphatic rings. The minimum Gasteiger partial charge on any atom is -0.543 e. The monoisotopic (exact) mass is 634 g/mol. The van der Waals surface area contributed by atoms with Gasteiger partial charge in [-0.15, -0.1) is 0 Å². The molecule has 3 atom stereocenters. The van der Waals surface area contributed by atoms with Crippen molar-refractivity contribution in [2.24, 2.45) is 0 Å². The maximum Gasteiger partial charge on any atom is 0.264 e. The van der Waals surface area contributed by atoms with Gasteiger partial charge in [-0.25, -0.2) is 9.67 Å². The largest absolute Gasteiger partial charge is 0.543 e. The molecule has 43 heavy (non-hydrogen) atoms. The number of aromatic nitrogens is 4. The van der Waals surface area contributed by atoms with E-state index in [1.807, 2.05) is 17.7 Å². The summed E-state index contributed by atoms with van der Waals surface area (Å²) >= 11 is 0. The van der Waals surface area contributed by atoms with Crippen molar-refractivity contribution in [2.75, 3.05) is 26.1 Å². The zero-order valence-electron chi connectivity index (χ0n) is 26.6. The molecule has 0 amide bonds. The van der Waals surface area contributed by atoms with Gasteiger partial charge in [0.15, 0.2) is 6.23 Å². The van der Waals surface area contributed by atoms with Gasteiger partial charge in [0.1, 0.15) is 23.2 Å². The second-order valence-electron chi connectivity index (χ2n) is 12.8. The fourth-order valence-electron chi connectivity index (χ4n) is 4.56. The zero-order valence-corrected chi connectivity index (χ0v) is 28.4. The predicted molar refractivity (Wildman–Crippen MR) is 168 cm³/mol. The van der Waals surface area contributed by atoms with Gasteiger partial charge >= 0.3 is 0 Å². The van der Waals surface area contributed by atoms with Gasteiger partial charge in [-0.1, -0.05) is 20.8 Å². The minimum atomic E-state index is -3.49. The molecule has 0 spiro atoms. The Morgan fingerprint density at radius 3 is 2.58 bits per heavy atom. The van der Waals surface area contributed by atoms with Gasteiger partial charge < -0.3 is 18.6 Å². The second kappa shape index (κ2) is 13.6. The summed E-state index contributed by atoms with van der Waals surface area (Å²) in [6.07, 6.45) is 6.83. The highest BCUT2D eigenvalue weighted by Crippen LogP contribution is 2.39. The van der Waals surface area contributed by atoms with Crippen molar-refractivity contribution in [2.45, 2.75) is 96.9 Å². The van der Waals surface area contributed by atoms with Gasteiger partial charge in [0.25, 0.3) is 10.1 Å². The molecule has 0 bridgehead atoms. The molecule has 0 saturated carbocycles. The van der Waals surface area contributed by atoms with Crippen LogP contribution in [0.1, 0.15) is 66.5 Å². The van der Waals surface area contributed by atoms with Gasteiger partial charge in [-0.2, -0.15) is 13.5 Å². The molecule has 3 aromatic rings. The topological polar surface area (TPSA) is 124 Å². The van der Waals surface area contributed by atoms with Crippen LogP contribution in [0.4, 0.5) is 0 Å². The first kappa shape index (κ1) is 33.3. The molecule has 13 heteroatoms. The van der Waals surface area contributed by atoms with Crippen molar-refractivity contribution in [3.8, 4) is 23.0 Å². The lowest BCUT2D eigenvalue weighted by Crippen LogP contribution is -2.43. The zero-order chi connectivity index (χ0) is 31.4. The third-order valence-corrected chi connectivity index (χ3v) is 12.9. The predicted octanol–water partition coefficient (Wildman–Crippen LogP) is 6.12. The van der Waals surface area contributed by atoms with E-state index in [1.165, 1.54) is 0 Å². The molecule has 0 N–H and O–H groups in total. The molecule has 1 aromatic carbocycles. The summed E-state index contributed by atoms with van der Waals surface area (Å²) in [6, 6.07) is 6.13. The van der Waals surface area contributed by atoms with Crippen LogP contribution in [0.2, 0.25) is 18.1 Å². The quantitative estimate of drug-likeness (QED) is 0.123. The molecule has 4 rings (SSSR count).